The first-order valence-corrected chi connectivity index (χ1v) is 5.45. The van der Waals surface area contributed by atoms with Gasteiger partial charge in [0.25, 0.3) is 0 Å². The molecule has 0 bridgehead atoms. The van der Waals surface area contributed by atoms with Crippen molar-refractivity contribution in [2.24, 2.45) is 0 Å². The van der Waals surface area contributed by atoms with Crippen LogP contribution in [0.25, 0.3) is 11.4 Å². The third kappa shape index (κ3) is 2.24. The third-order valence-corrected chi connectivity index (χ3v) is 2.31. The molecule has 1 heterocycles. The van der Waals surface area contributed by atoms with Gasteiger partial charge in [0, 0.05) is 11.5 Å². The molecule has 0 saturated carbocycles. The maximum Gasteiger partial charge on any atom is 0.163 e. The van der Waals surface area contributed by atoms with Gasteiger partial charge in [-0.05, 0) is 6.92 Å². The van der Waals surface area contributed by atoms with Crippen molar-refractivity contribution < 1.29 is 0 Å². The Labute approximate surface area is 95.6 Å². The smallest absolute Gasteiger partial charge is 0.163 e. The van der Waals surface area contributed by atoms with Gasteiger partial charge in [-0.1, -0.05) is 44.2 Å². The van der Waals surface area contributed by atoms with Gasteiger partial charge in [-0.2, -0.15) is 0 Å². The Morgan fingerprint density at radius 3 is 2.25 bits per heavy atom. The zero-order valence-electron chi connectivity index (χ0n) is 9.81. The standard InChI is InChI=1S/C13H15N3/c1-9(2)12-14-10(3)15-13(16-12)11-7-5-4-6-8-11/h4-9H,1-3H3. The third-order valence-electron chi connectivity index (χ3n) is 2.31. The molecule has 0 atom stereocenters. The molecule has 0 aliphatic heterocycles. The number of aromatic nitrogens is 3. The van der Waals surface area contributed by atoms with Crippen LogP contribution in [0.1, 0.15) is 31.4 Å². The van der Waals surface area contributed by atoms with Crippen molar-refractivity contribution in [2.45, 2.75) is 26.7 Å². The molecule has 3 nitrogen and oxygen atoms in total. The summed E-state index contributed by atoms with van der Waals surface area (Å²) in [7, 11) is 0. The Morgan fingerprint density at radius 2 is 1.62 bits per heavy atom. The summed E-state index contributed by atoms with van der Waals surface area (Å²) >= 11 is 0. The van der Waals surface area contributed by atoms with Crippen molar-refractivity contribution in [1.29, 1.82) is 0 Å². The van der Waals surface area contributed by atoms with Crippen molar-refractivity contribution in [2.75, 3.05) is 0 Å². The number of aryl methyl sites for hydroxylation is 1. The van der Waals surface area contributed by atoms with Gasteiger partial charge >= 0.3 is 0 Å². The fourth-order valence-corrected chi connectivity index (χ4v) is 1.48. The molecule has 1 aromatic carbocycles. The van der Waals surface area contributed by atoms with Crippen LogP contribution in [-0.4, -0.2) is 15.0 Å². The van der Waals surface area contributed by atoms with E-state index in [0.29, 0.717) is 5.92 Å². The molecule has 82 valence electrons. The number of hydrogen-bond donors (Lipinski definition) is 0. The average Bonchev–Trinajstić information content (AvgIpc) is 2.29. The van der Waals surface area contributed by atoms with Crippen LogP contribution in [0.5, 0.6) is 0 Å². The molecule has 0 saturated heterocycles. The fourth-order valence-electron chi connectivity index (χ4n) is 1.48. The molecule has 1 aromatic heterocycles. The lowest BCUT2D eigenvalue weighted by Gasteiger charge is -2.07. The molecule has 16 heavy (non-hydrogen) atoms. The van der Waals surface area contributed by atoms with Gasteiger partial charge in [-0.15, -0.1) is 0 Å². The van der Waals surface area contributed by atoms with Gasteiger partial charge in [-0.25, -0.2) is 15.0 Å². The van der Waals surface area contributed by atoms with Gasteiger partial charge < -0.3 is 0 Å². The summed E-state index contributed by atoms with van der Waals surface area (Å²) in [4.78, 5) is 13.2. The highest BCUT2D eigenvalue weighted by Crippen LogP contribution is 2.16. The molecule has 0 unspecified atom stereocenters. The SMILES string of the molecule is Cc1nc(-c2ccccc2)nc(C(C)C)n1. The lowest BCUT2D eigenvalue weighted by molar-refractivity contribution is 0.750. The van der Waals surface area contributed by atoms with Crippen LogP contribution in [0, 0.1) is 6.92 Å². The topological polar surface area (TPSA) is 38.7 Å². The van der Waals surface area contributed by atoms with Crippen LogP contribution in [-0.2, 0) is 0 Å². The Hall–Kier alpha value is -1.77. The minimum atomic E-state index is 0.323. The molecule has 3 heteroatoms. The van der Waals surface area contributed by atoms with Crippen molar-refractivity contribution in [3.8, 4) is 11.4 Å². The minimum absolute atomic E-state index is 0.323. The van der Waals surface area contributed by atoms with E-state index < -0.39 is 0 Å². The summed E-state index contributed by atoms with van der Waals surface area (Å²) in [6, 6.07) is 9.99. The van der Waals surface area contributed by atoms with Crippen LogP contribution in [0.2, 0.25) is 0 Å². The Morgan fingerprint density at radius 1 is 0.938 bits per heavy atom. The molecule has 0 fully saturated rings. The Kier molecular flexibility index (Phi) is 2.95. The normalized spacial score (nSPS) is 10.8. The van der Waals surface area contributed by atoms with E-state index in [4.69, 9.17) is 0 Å². The molecule has 2 rings (SSSR count). The zero-order valence-corrected chi connectivity index (χ0v) is 9.81. The number of hydrogen-bond acceptors (Lipinski definition) is 3. The van der Waals surface area contributed by atoms with Gasteiger partial charge in [0.15, 0.2) is 5.82 Å². The summed E-state index contributed by atoms with van der Waals surface area (Å²) in [5, 5.41) is 0. The highest BCUT2D eigenvalue weighted by molar-refractivity contribution is 5.54. The quantitative estimate of drug-likeness (QED) is 0.769. The van der Waals surface area contributed by atoms with Crippen molar-refractivity contribution in [1.82, 2.24) is 15.0 Å². The van der Waals surface area contributed by atoms with E-state index in [0.717, 1.165) is 23.0 Å². The van der Waals surface area contributed by atoms with E-state index in [1.54, 1.807) is 0 Å². The van der Waals surface area contributed by atoms with E-state index in [1.165, 1.54) is 0 Å². The summed E-state index contributed by atoms with van der Waals surface area (Å²) in [6.07, 6.45) is 0. The van der Waals surface area contributed by atoms with E-state index in [2.05, 4.69) is 28.8 Å². The van der Waals surface area contributed by atoms with Crippen LogP contribution >= 0.6 is 0 Å². The maximum atomic E-state index is 4.48. The molecular weight excluding hydrogens is 198 g/mol. The molecule has 2 aromatic rings. The van der Waals surface area contributed by atoms with Crippen LogP contribution < -0.4 is 0 Å². The van der Waals surface area contributed by atoms with Gasteiger partial charge in [-0.3, -0.25) is 0 Å². The van der Waals surface area contributed by atoms with Crippen LogP contribution in [0.3, 0.4) is 0 Å². The molecule has 0 spiro atoms. The number of nitrogens with zero attached hydrogens (tertiary/aromatic N) is 3. The van der Waals surface area contributed by atoms with Crippen molar-refractivity contribution in [3.63, 3.8) is 0 Å². The second-order valence-corrected chi connectivity index (χ2v) is 4.09. The van der Waals surface area contributed by atoms with Crippen molar-refractivity contribution in [3.05, 3.63) is 42.0 Å². The Bertz CT molecular complexity index is 478. The lowest BCUT2D eigenvalue weighted by Crippen LogP contribution is -2.04. The van der Waals surface area contributed by atoms with Crippen LogP contribution in [0.15, 0.2) is 30.3 Å². The molecule has 0 radical (unpaired) electrons. The van der Waals surface area contributed by atoms with E-state index in [-0.39, 0.29) is 0 Å². The fraction of sp³-hybridized carbons (Fsp3) is 0.308. The van der Waals surface area contributed by atoms with E-state index >= 15 is 0 Å². The first kappa shape index (κ1) is 10.7. The van der Waals surface area contributed by atoms with Gasteiger partial charge in [0.1, 0.15) is 11.6 Å². The second-order valence-electron chi connectivity index (χ2n) is 4.09. The maximum absolute atomic E-state index is 4.48. The van der Waals surface area contributed by atoms with Crippen LogP contribution in [0.4, 0.5) is 0 Å². The highest BCUT2D eigenvalue weighted by Gasteiger charge is 2.08. The van der Waals surface area contributed by atoms with E-state index in [9.17, 15) is 0 Å². The molecule has 0 amide bonds. The number of benzene rings is 1. The molecule has 0 aliphatic carbocycles. The predicted octanol–water partition coefficient (Wildman–Crippen LogP) is 2.97. The predicted molar refractivity (Wildman–Crippen MR) is 64.1 cm³/mol. The van der Waals surface area contributed by atoms with E-state index in [1.807, 2.05) is 37.3 Å². The molecule has 0 aliphatic rings. The summed E-state index contributed by atoms with van der Waals surface area (Å²) in [6.45, 7) is 6.08. The summed E-state index contributed by atoms with van der Waals surface area (Å²) in [5.41, 5.74) is 1.04. The van der Waals surface area contributed by atoms with Gasteiger partial charge in [0.05, 0.1) is 0 Å². The number of rotatable bonds is 2. The highest BCUT2D eigenvalue weighted by atomic mass is 15.0. The summed E-state index contributed by atoms with van der Waals surface area (Å²) < 4.78 is 0. The van der Waals surface area contributed by atoms with Crippen molar-refractivity contribution >= 4 is 0 Å². The molecule has 0 N–H and O–H groups in total. The summed E-state index contributed by atoms with van der Waals surface area (Å²) in [5.74, 6) is 2.71. The minimum Gasteiger partial charge on any atom is -0.218 e. The first-order chi connectivity index (χ1) is 7.66. The first-order valence-electron chi connectivity index (χ1n) is 5.45. The largest absolute Gasteiger partial charge is 0.218 e. The second kappa shape index (κ2) is 4.39. The monoisotopic (exact) mass is 213 g/mol. The zero-order chi connectivity index (χ0) is 11.5. The Balaban J connectivity index is 2.50. The lowest BCUT2D eigenvalue weighted by atomic mass is 10.2. The molecular formula is C13H15N3. The average molecular weight is 213 g/mol. The van der Waals surface area contributed by atoms with Gasteiger partial charge in [0.2, 0.25) is 0 Å².